The van der Waals surface area contributed by atoms with E-state index in [-0.39, 0.29) is 11.8 Å². The van der Waals surface area contributed by atoms with Crippen LogP contribution in [0.25, 0.3) is 0 Å². The van der Waals surface area contributed by atoms with Crippen molar-refractivity contribution in [1.29, 1.82) is 0 Å². The average molecular weight is 338 g/mol. The summed E-state index contributed by atoms with van der Waals surface area (Å²) in [4.78, 5) is 14.8. The van der Waals surface area contributed by atoms with Crippen LogP contribution in [0.3, 0.4) is 0 Å². The lowest BCUT2D eigenvalue weighted by molar-refractivity contribution is -0.117. The summed E-state index contributed by atoms with van der Waals surface area (Å²) in [6.45, 7) is 6.25. The third kappa shape index (κ3) is 3.95. The molecule has 4 heteroatoms. The summed E-state index contributed by atoms with van der Waals surface area (Å²) in [6, 6.07) is 16.1. The van der Waals surface area contributed by atoms with Crippen molar-refractivity contribution in [2.45, 2.75) is 26.2 Å². The Morgan fingerprint density at radius 2 is 1.72 bits per heavy atom. The smallest absolute Gasteiger partial charge is 0.228 e. The molecular formula is C21H26N2O2. The molecule has 132 valence electrons. The van der Waals surface area contributed by atoms with Crippen LogP contribution in [0.5, 0.6) is 5.75 Å². The Kier molecular flexibility index (Phi) is 5.27. The van der Waals surface area contributed by atoms with Crippen LogP contribution in [-0.4, -0.2) is 26.1 Å². The highest BCUT2D eigenvalue weighted by atomic mass is 16.5. The highest BCUT2D eigenvalue weighted by Crippen LogP contribution is 2.48. The van der Waals surface area contributed by atoms with Crippen molar-refractivity contribution in [3.05, 3.63) is 54.1 Å². The predicted octanol–water partition coefficient (Wildman–Crippen LogP) is 4.28. The van der Waals surface area contributed by atoms with Crippen molar-refractivity contribution in [3.8, 4) is 5.75 Å². The van der Waals surface area contributed by atoms with Crippen molar-refractivity contribution >= 4 is 17.3 Å². The SMILES string of the molecule is CCN(CC)c1ccc(NC(=O)C2CC2c2ccc(OC)cc2)cc1. The maximum Gasteiger partial charge on any atom is 0.228 e. The summed E-state index contributed by atoms with van der Waals surface area (Å²) in [6.07, 6.45) is 0.912. The number of nitrogens with zero attached hydrogens (tertiary/aromatic N) is 1. The largest absolute Gasteiger partial charge is 0.497 e. The maximum atomic E-state index is 12.5. The molecule has 4 nitrogen and oxygen atoms in total. The highest BCUT2D eigenvalue weighted by Gasteiger charge is 2.43. The first-order chi connectivity index (χ1) is 12.2. The van der Waals surface area contributed by atoms with Crippen molar-refractivity contribution in [2.24, 2.45) is 5.92 Å². The lowest BCUT2D eigenvalue weighted by Crippen LogP contribution is -2.21. The van der Waals surface area contributed by atoms with E-state index in [1.165, 1.54) is 11.3 Å². The molecule has 0 aromatic heterocycles. The molecular weight excluding hydrogens is 312 g/mol. The number of carbonyl (C=O) groups excluding carboxylic acids is 1. The molecule has 2 atom stereocenters. The molecule has 0 saturated heterocycles. The van der Waals surface area contributed by atoms with E-state index in [1.807, 2.05) is 24.3 Å². The van der Waals surface area contributed by atoms with Gasteiger partial charge in [-0.05, 0) is 68.1 Å². The summed E-state index contributed by atoms with van der Waals surface area (Å²) in [5.74, 6) is 1.34. The lowest BCUT2D eigenvalue weighted by Gasteiger charge is -2.21. The molecule has 0 spiro atoms. The average Bonchev–Trinajstić information content (AvgIpc) is 3.45. The summed E-state index contributed by atoms with van der Waals surface area (Å²) in [5.41, 5.74) is 3.25. The summed E-state index contributed by atoms with van der Waals surface area (Å²) in [5, 5.41) is 3.05. The fourth-order valence-electron chi connectivity index (χ4n) is 3.28. The van der Waals surface area contributed by atoms with Gasteiger partial charge in [-0.2, -0.15) is 0 Å². The van der Waals surface area contributed by atoms with Crippen molar-refractivity contribution < 1.29 is 9.53 Å². The second kappa shape index (κ2) is 7.60. The molecule has 1 fully saturated rings. The molecule has 1 aliphatic carbocycles. The second-order valence-corrected chi connectivity index (χ2v) is 6.43. The molecule has 1 N–H and O–H groups in total. The second-order valence-electron chi connectivity index (χ2n) is 6.43. The number of carbonyl (C=O) groups is 1. The van der Waals surface area contributed by atoms with E-state index < -0.39 is 0 Å². The molecule has 1 amide bonds. The van der Waals surface area contributed by atoms with E-state index in [9.17, 15) is 4.79 Å². The van der Waals surface area contributed by atoms with Crippen LogP contribution < -0.4 is 15.0 Å². The van der Waals surface area contributed by atoms with E-state index >= 15 is 0 Å². The van der Waals surface area contributed by atoms with Gasteiger partial charge in [0.1, 0.15) is 5.75 Å². The van der Waals surface area contributed by atoms with Crippen molar-refractivity contribution in [3.63, 3.8) is 0 Å². The molecule has 1 aliphatic rings. The normalized spacial score (nSPS) is 18.5. The minimum absolute atomic E-state index is 0.0656. The maximum absolute atomic E-state index is 12.5. The predicted molar refractivity (Wildman–Crippen MR) is 102 cm³/mol. The highest BCUT2D eigenvalue weighted by molar-refractivity contribution is 5.95. The van der Waals surface area contributed by atoms with Crippen molar-refractivity contribution in [2.75, 3.05) is 30.4 Å². The number of nitrogens with one attached hydrogen (secondary N) is 1. The van der Waals surface area contributed by atoms with E-state index in [0.717, 1.165) is 30.9 Å². The number of hydrogen-bond acceptors (Lipinski definition) is 3. The van der Waals surface area contributed by atoms with Gasteiger partial charge in [-0.1, -0.05) is 12.1 Å². The standard InChI is InChI=1S/C21H26N2O2/c1-4-23(5-2)17-10-8-16(9-11-17)22-21(24)20-14-19(20)15-6-12-18(25-3)13-7-15/h6-13,19-20H,4-5,14H2,1-3H3,(H,22,24). The molecule has 3 rings (SSSR count). The molecule has 0 bridgehead atoms. The van der Waals surface area contributed by atoms with Crippen LogP contribution >= 0.6 is 0 Å². The molecule has 0 radical (unpaired) electrons. The Labute approximate surface area is 149 Å². The van der Waals surface area contributed by atoms with Crippen LogP contribution in [-0.2, 0) is 4.79 Å². The van der Waals surface area contributed by atoms with Gasteiger partial charge >= 0.3 is 0 Å². The van der Waals surface area contributed by atoms with Crippen LogP contribution in [0.4, 0.5) is 11.4 Å². The van der Waals surface area contributed by atoms with Gasteiger partial charge in [-0.3, -0.25) is 4.79 Å². The zero-order chi connectivity index (χ0) is 17.8. The van der Waals surface area contributed by atoms with Gasteiger partial charge in [0.15, 0.2) is 0 Å². The number of anilines is 2. The third-order valence-electron chi connectivity index (χ3n) is 4.93. The van der Waals surface area contributed by atoms with Gasteiger partial charge in [0.25, 0.3) is 0 Å². The Morgan fingerprint density at radius 3 is 2.28 bits per heavy atom. The van der Waals surface area contributed by atoms with Crippen LogP contribution in [0.1, 0.15) is 31.7 Å². The number of methoxy groups -OCH3 is 1. The van der Waals surface area contributed by atoms with E-state index in [0.29, 0.717) is 5.92 Å². The van der Waals surface area contributed by atoms with Crippen LogP contribution in [0, 0.1) is 5.92 Å². The minimum Gasteiger partial charge on any atom is -0.497 e. The van der Waals surface area contributed by atoms with E-state index in [2.05, 4.69) is 48.3 Å². The quantitative estimate of drug-likeness (QED) is 0.819. The zero-order valence-corrected chi connectivity index (χ0v) is 15.2. The Hall–Kier alpha value is -2.49. The van der Waals surface area contributed by atoms with Crippen LogP contribution in [0.15, 0.2) is 48.5 Å². The Balaban J connectivity index is 1.58. The fraction of sp³-hybridized carbons (Fsp3) is 0.381. The first-order valence-corrected chi connectivity index (χ1v) is 8.96. The third-order valence-corrected chi connectivity index (χ3v) is 4.93. The molecule has 2 aromatic rings. The number of amides is 1. The molecule has 2 unspecified atom stereocenters. The Bertz CT molecular complexity index is 706. The van der Waals surface area contributed by atoms with Gasteiger partial charge < -0.3 is 15.0 Å². The fourth-order valence-corrected chi connectivity index (χ4v) is 3.28. The lowest BCUT2D eigenvalue weighted by atomic mass is 10.1. The summed E-state index contributed by atoms with van der Waals surface area (Å²) in [7, 11) is 1.66. The molecule has 0 heterocycles. The van der Waals surface area contributed by atoms with E-state index in [1.54, 1.807) is 7.11 Å². The van der Waals surface area contributed by atoms with Gasteiger partial charge in [0.2, 0.25) is 5.91 Å². The first-order valence-electron chi connectivity index (χ1n) is 8.96. The Morgan fingerprint density at radius 1 is 1.08 bits per heavy atom. The monoisotopic (exact) mass is 338 g/mol. The van der Waals surface area contributed by atoms with Gasteiger partial charge in [-0.15, -0.1) is 0 Å². The van der Waals surface area contributed by atoms with Gasteiger partial charge in [0.05, 0.1) is 7.11 Å². The topological polar surface area (TPSA) is 41.6 Å². The number of benzene rings is 2. The van der Waals surface area contributed by atoms with E-state index in [4.69, 9.17) is 4.74 Å². The van der Waals surface area contributed by atoms with Gasteiger partial charge in [-0.25, -0.2) is 0 Å². The molecule has 25 heavy (non-hydrogen) atoms. The summed E-state index contributed by atoms with van der Waals surface area (Å²) < 4.78 is 5.18. The molecule has 0 aliphatic heterocycles. The zero-order valence-electron chi connectivity index (χ0n) is 15.2. The molecule has 1 saturated carbocycles. The van der Waals surface area contributed by atoms with Gasteiger partial charge in [0, 0.05) is 30.4 Å². The van der Waals surface area contributed by atoms with Crippen LogP contribution in [0.2, 0.25) is 0 Å². The number of rotatable bonds is 7. The molecule has 2 aromatic carbocycles. The minimum atomic E-state index is 0.0656. The van der Waals surface area contributed by atoms with Crippen molar-refractivity contribution in [1.82, 2.24) is 0 Å². The summed E-state index contributed by atoms with van der Waals surface area (Å²) >= 11 is 0. The number of ether oxygens (including phenoxy) is 1. The first kappa shape index (κ1) is 17.3. The number of hydrogen-bond donors (Lipinski definition) is 1.